The van der Waals surface area contributed by atoms with Gasteiger partial charge in [0.25, 0.3) is 0 Å². The van der Waals surface area contributed by atoms with E-state index >= 15 is 0 Å². The summed E-state index contributed by atoms with van der Waals surface area (Å²) in [5.41, 5.74) is 19.8. The highest BCUT2D eigenvalue weighted by Crippen LogP contribution is 2.65. The summed E-state index contributed by atoms with van der Waals surface area (Å²) in [5, 5.41) is 2.31. The van der Waals surface area contributed by atoms with Crippen LogP contribution in [0.4, 0.5) is 17.1 Å². The van der Waals surface area contributed by atoms with E-state index in [0.717, 1.165) is 57.9 Å². The van der Waals surface area contributed by atoms with Crippen molar-refractivity contribution in [2.75, 3.05) is 4.90 Å². The van der Waals surface area contributed by atoms with E-state index in [4.69, 9.17) is 4.74 Å². The fourth-order valence-electron chi connectivity index (χ4n) is 11.1. The maximum absolute atomic E-state index is 7.27. The van der Waals surface area contributed by atoms with Gasteiger partial charge in [-0.05, 0) is 104 Å². The van der Waals surface area contributed by atoms with E-state index in [-0.39, 0.29) is 0 Å². The van der Waals surface area contributed by atoms with E-state index in [1.54, 1.807) is 0 Å². The van der Waals surface area contributed by atoms with Gasteiger partial charge in [-0.25, -0.2) is 0 Å². The summed E-state index contributed by atoms with van der Waals surface area (Å²) in [7, 11) is 0. The van der Waals surface area contributed by atoms with Crippen molar-refractivity contribution in [3.63, 3.8) is 0 Å². The zero-order valence-corrected chi connectivity index (χ0v) is 35.8. The predicted octanol–water partition coefficient (Wildman–Crippen LogP) is 16.7. The van der Waals surface area contributed by atoms with Gasteiger partial charge in [0.15, 0.2) is 0 Å². The molecule has 0 saturated carbocycles. The molecule has 1 unspecified atom stereocenters. The first-order valence-corrected chi connectivity index (χ1v) is 22.7. The van der Waals surface area contributed by atoms with Crippen LogP contribution in [-0.4, -0.2) is 0 Å². The molecule has 0 amide bonds. The van der Waals surface area contributed by atoms with Crippen LogP contribution in [0.2, 0.25) is 0 Å². The summed E-state index contributed by atoms with van der Waals surface area (Å²) in [6.45, 7) is 0. The van der Waals surface area contributed by atoms with Crippen LogP contribution in [0, 0.1) is 0 Å². The number of benzene rings is 10. The van der Waals surface area contributed by atoms with E-state index in [2.05, 4.69) is 242 Å². The molecule has 0 bridgehead atoms. The van der Waals surface area contributed by atoms with Gasteiger partial charge < -0.3 is 9.64 Å². The van der Waals surface area contributed by atoms with Crippen LogP contribution in [0.3, 0.4) is 0 Å². The Bertz CT molecular complexity index is 3520. The zero-order valence-electron chi connectivity index (χ0n) is 35.8. The minimum absolute atomic E-state index is 0.606. The predicted molar refractivity (Wildman–Crippen MR) is 270 cm³/mol. The van der Waals surface area contributed by atoms with Gasteiger partial charge in [0.2, 0.25) is 0 Å². The topological polar surface area (TPSA) is 12.5 Å². The quantitative estimate of drug-likeness (QED) is 0.166. The summed E-state index contributed by atoms with van der Waals surface area (Å²) >= 11 is 0. The first-order valence-electron chi connectivity index (χ1n) is 22.7. The Kier molecular flexibility index (Phi) is 8.60. The van der Waals surface area contributed by atoms with Crippen molar-refractivity contribution < 1.29 is 4.74 Å². The molecule has 10 aromatic rings. The number of para-hydroxylation sites is 1. The Morgan fingerprint density at radius 1 is 0.415 bits per heavy atom. The molecule has 2 heteroatoms. The molecule has 0 N–H and O–H groups in total. The maximum Gasteiger partial charge on any atom is 0.140 e. The average molecular weight is 830 g/mol. The number of anilines is 3. The molecule has 1 atom stereocenters. The lowest BCUT2D eigenvalue weighted by molar-refractivity contribution is 0.439. The van der Waals surface area contributed by atoms with Gasteiger partial charge in [0.05, 0.1) is 11.1 Å². The number of hydrogen-bond acceptors (Lipinski definition) is 2. The number of rotatable bonds is 6. The standard InChI is InChI=1S/C63H43NO/c1-4-18-42(19-5-1)46-34-37-50(43-20-6-2-7-21-43)59(41-46)64(48-25-8-3-9-26-48)49-27-16-24-47(40-49)51-31-17-33-56-60(51)54-30-14-15-32-55(54)63(56)57-38-35-44-22-10-12-28-52(44)61(57)65-62-53-29-13-11-23-45(53)36-39-58(62)63/h1-10,12-22,24-41H,11,23H2. The van der Waals surface area contributed by atoms with E-state index < -0.39 is 5.41 Å². The van der Waals surface area contributed by atoms with Crippen LogP contribution >= 0.6 is 0 Å². The van der Waals surface area contributed by atoms with Gasteiger partial charge >= 0.3 is 0 Å². The Hall–Kier alpha value is -8.20. The fraction of sp³-hybridized carbons (Fsp3) is 0.0476. The van der Waals surface area contributed by atoms with Gasteiger partial charge in [-0.3, -0.25) is 0 Å². The number of nitrogens with zero attached hydrogens (tertiary/aromatic N) is 1. The summed E-state index contributed by atoms with van der Waals surface area (Å²) in [4.78, 5) is 2.43. The Labute approximate surface area is 380 Å². The molecular weight excluding hydrogens is 787 g/mol. The summed E-state index contributed by atoms with van der Waals surface area (Å²) in [6.07, 6.45) is 6.65. The van der Waals surface area contributed by atoms with E-state index in [0.29, 0.717) is 0 Å². The van der Waals surface area contributed by atoms with E-state index in [9.17, 15) is 0 Å². The van der Waals surface area contributed by atoms with Crippen LogP contribution in [0.15, 0.2) is 231 Å². The number of allylic oxidation sites excluding steroid dienone is 1. The van der Waals surface area contributed by atoms with Gasteiger partial charge in [-0.15, -0.1) is 0 Å². The normalized spacial score (nSPS) is 15.1. The van der Waals surface area contributed by atoms with Crippen molar-refractivity contribution in [1.29, 1.82) is 0 Å². The van der Waals surface area contributed by atoms with Crippen LogP contribution in [-0.2, 0) is 11.8 Å². The molecular formula is C63H43NO. The minimum atomic E-state index is -0.606. The number of aryl methyl sites for hydroxylation is 1. The van der Waals surface area contributed by atoms with Crippen LogP contribution in [0.1, 0.15) is 39.8 Å². The highest BCUT2D eigenvalue weighted by molar-refractivity contribution is 6.01. The van der Waals surface area contributed by atoms with Gasteiger partial charge in [-0.2, -0.15) is 0 Å². The van der Waals surface area contributed by atoms with Gasteiger partial charge in [-0.1, -0.05) is 206 Å². The molecule has 65 heavy (non-hydrogen) atoms. The molecule has 2 nitrogen and oxygen atoms in total. The molecule has 0 aromatic heterocycles. The first kappa shape index (κ1) is 37.4. The number of ether oxygens (including phenoxy) is 1. The summed E-state index contributed by atoms with van der Waals surface area (Å²) < 4.78 is 7.27. The lowest BCUT2D eigenvalue weighted by atomic mass is 9.65. The van der Waals surface area contributed by atoms with Gasteiger partial charge in [0, 0.05) is 39.0 Å². The highest BCUT2D eigenvalue weighted by atomic mass is 16.5. The molecule has 10 aromatic carbocycles. The first-order chi connectivity index (χ1) is 32.3. The Morgan fingerprint density at radius 2 is 1.08 bits per heavy atom. The number of hydrogen-bond donors (Lipinski definition) is 0. The van der Waals surface area contributed by atoms with Crippen LogP contribution in [0.25, 0.3) is 61.4 Å². The van der Waals surface area contributed by atoms with Crippen molar-refractivity contribution in [2.45, 2.75) is 18.3 Å². The molecule has 13 rings (SSSR count). The molecule has 1 heterocycles. The van der Waals surface area contributed by atoms with E-state index in [1.165, 1.54) is 72.1 Å². The second kappa shape index (κ2) is 15.0. The molecule has 0 radical (unpaired) electrons. The second-order valence-corrected chi connectivity index (χ2v) is 17.4. The van der Waals surface area contributed by atoms with Crippen molar-refractivity contribution in [3.05, 3.63) is 264 Å². The van der Waals surface area contributed by atoms with Crippen molar-refractivity contribution in [1.82, 2.24) is 0 Å². The van der Waals surface area contributed by atoms with Crippen molar-refractivity contribution >= 4 is 33.9 Å². The molecule has 3 aliphatic rings. The minimum Gasteiger partial charge on any atom is -0.455 e. The smallest absolute Gasteiger partial charge is 0.140 e. The fourth-order valence-corrected chi connectivity index (χ4v) is 11.1. The van der Waals surface area contributed by atoms with Crippen LogP contribution in [0.5, 0.6) is 11.5 Å². The highest BCUT2D eigenvalue weighted by Gasteiger charge is 2.52. The SMILES string of the molecule is C1=Cc2c(ccc3c2Oc2c(ccc4ccccc24)C32c3ccccc3-c3c(-c4cccc(N(c5ccccc5)c5cc(-c6ccccc6)ccc5-c5ccccc5)c4)cccc32)CC1. The third-order valence-corrected chi connectivity index (χ3v) is 14.0. The number of fused-ring (bicyclic) bond motifs is 13. The lowest BCUT2D eigenvalue weighted by Crippen LogP contribution is -2.32. The third kappa shape index (κ3) is 5.74. The average Bonchev–Trinajstić information content (AvgIpc) is 3.68. The monoisotopic (exact) mass is 829 g/mol. The molecule has 1 spiro atoms. The van der Waals surface area contributed by atoms with Gasteiger partial charge in [0.1, 0.15) is 11.5 Å². The van der Waals surface area contributed by atoms with Crippen LogP contribution < -0.4 is 9.64 Å². The Balaban J connectivity index is 1.06. The Morgan fingerprint density at radius 3 is 1.94 bits per heavy atom. The third-order valence-electron chi connectivity index (χ3n) is 14.0. The maximum atomic E-state index is 7.27. The lowest BCUT2D eigenvalue weighted by Gasteiger charge is -2.41. The zero-order chi connectivity index (χ0) is 42.9. The summed E-state index contributed by atoms with van der Waals surface area (Å²) in [6, 6.07) is 82.4. The molecule has 0 saturated heterocycles. The van der Waals surface area contributed by atoms with Crippen molar-refractivity contribution in [3.8, 4) is 56.0 Å². The molecule has 306 valence electrons. The van der Waals surface area contributed by atoms with E-state index in [1.807, 2.05) is 0 Å². The largest absolute Gasteiger partial charge is 0.455 e. The summed E-state index contributed by atoms with van der Waals surface area (Å²) in [5.74, 6) is 1.92. The van der Waals surface area contributed by atoms with Crippen molar-refractivity contribution in [2.24, 2.45) is 0 Å². The molecule has 0 fully saturated rings. The molecule has 2 aliphatic carbocycles. The molecule has 1 aliphatic heterocycles. The second-order valence-electron chi connectivity index (χ2n) is 17.4.